The number of carbonyl (C=O) groups is 2. The second kappa shape index (κ2) is 10.8. The number of benzene rings is 3. The third kappa shape index (κ3) is 5.51. The molecule has 0 radical (unpaired) electrons. The monoisotopic (exact) mass is 509 g/mol. The highest BCUT2D eigenvalue weighted by atomic mass is 32.2. The Bertz CT molecular complexity index is 1420. The van der Waals surface area contributed by atoms with Crippen LogP contribution in [0.25, 0.3) is 11.1 Å². The minimum Gasteiger partial charge on any atom is -0.326 e. The fourth-order valence-corrected chi connectivity index (χ4v) is 5.85. The van der Waals surface area contributed by atoms with E-state index in [2.05, 4.69) is 16.7 Å². The van der Waals surface area contributed by atoms with E-state index in [4.69, 9.17) is 0 Å². The minimum atomic E-state index is -0.547. The number of rotatable bonds is 8. The van der Waals surface area contributed by atoms with Crippen LogP contribution in [0.3, 0.4) is 0 Å². The number of thioether (sulfide) groups is 1. The summed E-state index contributed by atoms with van der Waals surface area (Å²) in [6.45, 7) is 0. The first-order chi connectivity index (χ1) is 17.6. The summed E-state index contributed by atoms with van der Waals surface area (Å²) in [6, 6.07) is 29.1. The van der Waals surface area contributed by atoms with Gasteiger partial charge in [0.2, 0.25) is 11.8 Å². The third-order valence-corrected chi connectivity index (χ3v) is 8.01. The molecule has 0 saturated heterocycles. The zero-order chi connectivity index (χ0) is 24.9. The maximum absolute atomic E-state index is 13.6. The van der Waals surface area contributed by atoms with Gasteiger partial charge in [-0.1, -0.05) is 66.7 Å². The fourth-order valence-electron chi connectivity index (χ4n) is 3.84. The molecule has 1 aliphatic carbocycles. The predicted octanol–water partition coefficient (Wildman–Crippen LogP) is 7.11. The lowest BCUT2D eigenvalue weighted by Gasteiger charge is -2.17. The number of thiophene rings is 1. The first-order valence-corrected chi connectivity index (χ1v) is 13.4. The summed E-state index contributed by atoms with van der Waals surface area (Å²) in [4.78, 5) is 26.7. The normalized spacial score (nSPS) is 13.4. The molecule has 1 unspecified atom stereocenters. The summed E-state index contributed by atoms with van der Waals surface area (Å²) in [6.07, 6.45) is 1.88. The lowest BCUT2D eigenvalue weighted by Crippen LogP contribution is -2.19. The second-order valence-electron chi connectivity index (χ2n) is 8.52. The number of carbonyl (C=O) groups excluding carboxylic acids is 2. The number of hydrogen-bond acceptors (Lipinski definition) is 5. The SMILES string of the molecule is N#Cc1c(-c2ccccc2)csc1NC(=O)C(Sc1cccc(NC(=O)C2CC2)c1)c1ccccc1. The van der Waals surface area contributed by atoms with E-state index < -0.39 is 5.25 Å². The molecule has 1 aromatic heterocycles. The van der Waals surface area contributed by atoms with Crippen molar-refractivity contribution in [3.05, 3.63) is 101 Å². The van der Waals surface area contributed by atoms with Gasteiger partial charge in [-0.2, -0.15) is 5.26 Å². The molecule has 2 amide bonds. The molecule has 4 aromatic rings. The molecule has 2 N–H and O–H groups in total. The van der Waals surface area contributed by atoms with Crippen molar-refractivity contribution >= 4 is 45.6 Å². The number of nitrogens with one attached hydrogen (secondary N) is 2. The zero-order valence-corrected chi connectivity index (χ0v) is 20.9. The molecule has 178 valence electrons. The number of hydrogen-bond donors (Lipinski definition) is 2. The van der Waals surface area contributed by atoms with E-state index in [1.165, 1.54) is 23.1 Å². The zero-order valence-electron chi connectivity index (χ0n) is 19.3. The highest BCUT2D eigenvalue weighted by Gasteiger charge is 2.30. The first kappa shape index (κ1) is 23.9. The molecule has 7 heteroatoms. The van der Waals surface area contributed by atoms with Crippen LogP contribution in [-0.4, -0.2) is 11.8 Å². The Kier molecular flexibility index (Phi) is 7.17. The van der Waals surface area contributed by atoms with Gasteiger partial charge in [0.25, 0.3) is 0 Å². The van der Waals surface area contributed by atoms with Gasteiger partial charge in [-0.05, 0) is 42.2 Å². The fraction of sp³-hybridized carbons (Fsp3) is 0.138. The average molecular weight is 510 g/mol. The molecule has 5 nitrogen and oxygen atoms in total. The molecular weight excluding hydrogens is 486 g/mol. The van der Waals surface area contributed by atoms with Gasteiger partial charge < -0.3 is 10.6 Å². The third-order valence-electron chi connectivity index (χ3n) is 5.87. The standard InChI is InChI=1S/C29H23N3O2S2/c30-17-24-25(19-8-3-1-4-9-19)18-35-29(24)32-28(34)26(20-10-5-2-6-11-20)36-23-13-7-12-22(16-23)31-27(33)21-14-15-21/h1-13,16,18,21,26H,14-15H2,(H,31,33)(H,32,34). The largest absolute Gasteiger partial charge is 0.326 e. The molecule has 1 aliphatic rings. The van der Waals surface area contributed by atoms with E-state index in [1.807, 2.05) is 90.3 Å². The van der Waals surface area contributed by atoms with Crippen LogP contribution in [0.4, 0.5) is 10.7 Å². The Labute approximate surface area is 218 Å². The lowest BCUT2D eigenvalue weighted by atomic mass is 10.1. The van der Waals surface area contributed by atoms with Gasteiger partial charge in [-0.15, -0.1) is 23.1 Å². The van der Waals surface area contributed by atoms with E-state index in [-0.39, 0.29) is 17.7 Å². The Morgan fingerprint density at radius 3 is 2.36 bits per heavy atom. The summed E-state index contributed by atoms with van der Waals surface area (Å²) in [5, 5.41) is 17.7. The van der Waals surface area contributed by atoms with E-state index in [0.29, 0.717) is 10.6 Å². The van der Waals surface area contributed by atoms with Crippen molar-refractivity contribution < 1.29 is 9.59 Å². The minimum absolute atomic E-state index is 0.0467. The van der Waals surface area contributed by atoms with Crippen LogP contribution in [0.15, 0.2) is 95.2 Å². The number of nitriles is 1. The summed E-state index contributed by atoms with van der Waals surface area (Å²) in [7, 11) is 0. The van der Waals surface area contributed by atoms with Crippen molar-refractivity contribution in [2.45, 2.75) is 23.0 Å². The van der Waals surface area contributed by atoms with Crippen LogP contribution in [0, 0.1) is 17.2 Å². The molecule has 1 atom stereocenters. The molecule has 36 heavy (non-hydrogen) atoms. The molecule has 0 bridgehead atoms. The van der Waals surface area contributed by atoms with E-state index in [9.17, 15) is 14.9 Å². The van der Waals surface area contributed by atoms with Gasteiger partial charge in [0, 0.05) is 27.4 Å². The van der Waals surface area contributed by atoms with Gasteiger partial charge in [0.15, 0.2) is 0 Å². The van der Waals surface area contributed by atoms with E-state index in [1.54, 1.807) is 0 Å². The summed E-state index contributed by atoms with van der Waals surface area (Å²) in [5.41, 5.74) is 3.78. The van der Waals surface area contributed by atoms with Crippen LogP contribution < -0.4 is 10.6 Å². The van der Waals surface area contributed by atoms with E-state index in [0.717, 1.165) is 40.1 Å². The van der Waals surface area contributed by atoms with Crippen molar-refractivity contribution in [1.82, 2.24) is 0 Å². The summed E-state index contributed by atoms with van der Waals surface area (Å²) in [5.74, 6) is -0.0490. The smallest absolute Gasteiger partial charge is 0.243 e. The van der Waals surface area contributed by atoms with Crippen LogP contribution in [0.2, 0.25) is 0 Å². The van der Waals surface area contributed by atoms with Crippen molar-refractivity contribution in [2.24, 2.45) is 5.92 Å². The topological polar surface area (TPSA) is 82.0 Å². The Morgan fingerprint density at radius 2 is 1.67 bits per heavy atom. The molecule has 0 spiro atoms. The van der Waals surface area contributed by atoms with Crippen LogP contribution in [-0.2, 0) is 9.59 Å². The maximum atomic E-state index is 13.6. The molecule has 5 rings (SSSR count). The van der Waals surface area contributed by atoms with Crippen molar-refractivity contribution in [3.63, 3.8) is 0 Å². The highest BCUT2D eigenvalue weighted by molar-refractivity contribution is 8.00. The van der Waals surface area contributed by atoms with Gasteiger partial charge in [-0.3, -0.25) is 9.59 Å². The quantitative estimate of drug-likeness (QED) is 0.248. The average Bonchev–Trinajstić information content (AvgIpc) is 3.69. The Hall–Kier alpha value is -3.86. The van der Waals surface area contributed by atoms with Gasteiger partial charge in [0.1, 0.15) is 16.3 Å². The molecule has 1 heterocycles. The maximum Gasteiger partial charge on any atom is 0.243 e. The Morgan fingerprint density at radius 1 is 0.944 bits per heavy atom. The van der Waals surface area contributed by atoms with Crippen LogP contribution in [0.1, 0.15) is 29.2 Å². The van der Waals surface area contributed by atoms with Crippen LogP contribution >= 0.6 is 23.1 Å². The lowest BCUT2D eigenvalue weighted by molar-refractivity contribution is -0.117. The van der Waals surface area contributed by atoms with Crippen molar-refractivity contribution in [2.75, 3.05) is 10.6 Å². The van der Waals surface area contributed by atoms with Gasteiger partial charge in [-0.25, -0.2) is 0 Å². The predicted molar refractivity (Wildman–Crippen MR) is 146 cm³/mol. The number of anilines is 2. The summed E-state index contributed by atoms with van der Waals surface area (Å²) < 4.78 is 0. The molecule has 3 aromatic carbocycles. The molecule has 1 fully saturated rings. The molecule has 0 aliphatic heterocycles. The first-order valence-electron chi connectivity index (χ1n) is 11.6. The van der Waals surface area contributed by atoms with Crippen molar-refractivity contribution in [1.29, 1.82) is 5.26 Å². The second-order valence-corrected chi connectivity index (χ2v) is 10.6. The van der Waals surface area contributed by atoms with Gasteiger partial charge in [0.05, 0.1) is 5.56 Å². The van der Waals surface area contributed by atoms with Crippen LogP contribution in [0.5, 0.6) is 0 Å². The number of amides is 2. The van der Waals surface area contributed by atoms with Gasteiger partial charge >= 0.3 is 0 Å². The molecular formula is C29H23N3O2S2. The summed E-state index contributed by atoms with van der Waals surface area (Å²) >= 11 is 2.76. The molecule has 1 saturated carbocycles. The Balaban J connectivity index is 1.39. The van der Waals surface area contributed by atoms with E-state index >= 15 is 0 Å². The number of nitrogens with zero attached hydrogens (tertiary/aromatic N) is 1. The van der Waals surface area contributed by atoms with Crippen molar-refractivity contribution in [3.8, 4) is 17.2 Å². The highest BCUT2D eigenvalue weighted by Crippen LogP contribution is 2.40.